The molecular weight excluding hydrogens is 270 g/mol. The molecule has 0 unspecified atom stereocenters. The summed E-state index contributed by atoms with van der Waals surface area (Å²) in [5.74, 6) is -0.388. The van der Waals surface area contributed by atoms with Gasteiger partial charge in [-0.05, 0) is 31.0 Å². The Bertz CT molecular complexity index is 415. The van der Waals surface area contributed by atoms with Crippen LogP contribution in [0.4, 0.5) is 5.69 Å². The van der Waals surface area contributed by atoms with Gasteiger partial charge in [0.2, 0.25) is 5.91 Å². The molecule has 0 aromatic heterocycles. The third-order valence-corrected chi connectivity index (χ3v) is 3.01. The van der Waals surface area contributed by atoms with Gasteiger partial charge in [0, 0.05) is 5.69 Å². The monoisotopic (exact) mass is 283 g/mol. The summed E-state index contributed by atoms with van der Waals surface area (Å²) in [5.41, 5.74) is 2.92. The van der Waals surface area contributed by atoms with Crippen LogP contribution in [0.5, 0.6) is 0 Å². The number of carbonyl (C=O) groups excluding carboxylic acids is 2. The van der Waals surface area contributed by atoms with Crippen molar-refractivity contribution < 1.29 is 9.59 Å². The van der Waals surface area contributed by atoms with E-state index in [4.69, 9.17) is 0 Å². The molecule has 0 radical (unpaired) electrons. The molecule has 16 heavy (non-hydrogen) atoms. The van der Waals surface area contributed by atoms with E-state index in [-0.39, 0.29) is 23.4 Å². The molecule has 0 saturated carbocycles. The average Bonchev–Trinajstić information content (AvgIpc) is 2.24. The number of rotatable bonds is 4. The van der Waals surface area contributed by atoms with Crippen molar-refractivity contribution in [1.82, 2.24) is 0 Å². The summed E-state index contributed by atoms with van der Waals surface area (Å²) in [7, 11) is 0. The number of anilines is 1. The van der Waals surface area contributed by atoms with Crippen LogP contribution in [-0.4, -0.2) is 17.0 Å². The van der Waals surface area contributed by atoms with Crippen LogP contribution >= 0.6 is 15.9 Å². The van der Waals surface area contributed by atoms with E-state index >= 15 is 0 Å². The van der Waals surface area contributed by atoms with Crippen molar-refractivity contribution in [2.24, 2.45) is 0 Å². The van der Waals surface area contributed by atoms with Crippen molar-refractivity contribution in [2.75, 3.05) is 10.6 Å². The van der Waals surface area contributed by atoms with Gasteiger partial charge >= 0.3 is 0 Å². The van der Waals surface area contributed by atoms with Crippen LogP contribution < -0.4 is 5.32 Å². The van der Waals surface area contributed by atoms with Crippen LogP contribution in [0.25, 0.3) is 0 Å². The van der Waals surface area contributed by atoms with Gasteiger partial charge < -0.3 is 5.32 Å². The van der Waals surface area contributed by atoms with E-state index in [0.29, 0.717) is 0 Å². The lowest BCUT2D eigenvalue weighted by Crippen LogP contribution is -2.17. The predicted octanol–water partition coefficient (Wildman–Crippen LogP) is 2.60. The lowest BCUT2D eigenvalue weighted by molar-refractivity contribution is -0.123. The zero-order valence-electron chi connectivity index (χ0n) is 9.34. The van der Waals surface area contributed by atoms with E-state index in [1.807, 2.05) is 32.0 Å². The van der Waals surface area contributed by atoms with Gasteiger partial charge in [-0.15, -0.1) is 0 Å². The Kier molecular flexibility index (Phi) is 4.68. The molecule has 0 saturated heterocycles. The molecule has 0 aliphatic carbocycles. The van der Waals surface area contributed by atoms with Crippen molar-refractivity contribution in [2.45, 2.75) is 20.3 Å². The van der Waals surface area contributed by atoms with Crippen LogP contribution in [-0.2, 0) is 9.59 Å². The van der Waals surface area contributed by atoms with Crippen molar-refractivity contribution in [3.63, 3.8) is 0 Å². The first-order valence-corrected chi connectivity index (χ1v) is 6.10. The molecule has 1 rings (SSSR count). The lowest BCUT2D eigenvalue weighted by Gasteiger charge is -2.09. The molecule has 86 valence electrons. The highest BCUT2D eigenvalue weighted by molar-refractivity contribution is 9.09. The summed E-state index contributed by atoms with van der Waals surface area (Å²) in [6, 6.07) is 5.69. The van der Waals surface area contributed by atoms with Gasteiger partial charge in [0.1, 0.15) is 0 Å². The summed E-state index contributed by atoms with van der Waals surface area (Å²) < 4.78 is 0. The van der Waals surface area contributed by atoms with Gasteiger partial charge in [0.15, 0.2) is 5.78 Å². The maximum Gasteiger partial charge on any atom is 0.231 e. The highest BCUT2D eigenvalue weighted by Gasteiger charge is 2.09. The quantitative estimate of drug-likeness (QED) is 0.682. The first kappa shape index (κ1) is 12.9. The van der Waals surface area contributed by atoms with Gasteiger partial charge in [0.05, 0.1) is 11.8 Å². The number of nitrogens with one attached hydrogen (secondary N) is 1. The van der Waals surface area contributed by atoms with E-state index in [9.17, 15) is 9.59 Å². The molecule has 1 aromatic rings. The van der Waals surface area contributed by atoms with Crippen LogP contribution in [0.3, 0.4) is 0 Å². The number of Topliss-reactive ketones (excluding diaryl/α,β-unsaturated/α-hetero) is 1. The van der Waals surface area contributed by atoms with E-state index in [2.05, 4.69) is 21.2 Å². The number of carbonyl (C=O) groups is 2. The summed E-state index contributed by atoms with van der Waals surface area (Å²) >= 11 is 3.03. The van der Waals surface area contributed by atoms with Crippen LogP contribution in [0.2, 0.25) is 0 Å². The normalized spacial score (nSPS) is 9.94. The fourth-order valence-electron chi connectivity index (χ4n) is 1.31. The molecule has 0 heterocycles. The molecule has 4 heteroatoms. The Morgan fingerprint density at radius 1 is 1.31 bits per heavy atom. The highest BCUT2D eigenvalue weighted by atomic mass is 79.9. The Hall–Kier alpha value is -1.16. The standard InChI is InChI=1S/C12H14BrNO2/c1-8-4-3-5-11(9(8)2)14-12(16)6-10(15)7-13/h3-5H,6-7H2,1-2H3,(H,14,16). The third kappa shape index (κ3) is 3.45. The number of hydrogen-bond acceptors (Lipinski definition) is 2. The summed E-state index contributed by atoms with van der Waals surface area (Å²) in [6.07, 6.45) is -0.0847. The number of alkyl halides is 1. The van der Waals surface area contributed by atoms with Gasteiger partial charge in [-0.1, -0.05) is 28.1 Å². The van der Waals surface area contributed by atoms with Crippen LogP contribution in [0.15, 0.2) is 18.2 Å². The molecule has 0 aliphatic heterocycles. The fraction of sp³-hybridized carbons (Fsp3) is 0.333. The number of ketones is 1. The van der Waals surface area contributed by atoms with Crippen molar-refractivity contribution in [1.29, 1.82) is 0 Å². The Morgan fingerprint density at radius 3 is 2.62 bits per heavy atom. The third-order valence-electron chi connectivity index (χ3n) is 2.39. The summed E-state index contributed by atoms with van der Waals surface area (Å²) in [6.45, 7) is 3.92. The van der Waals surface area contributed by atoms with E-state index in [1.54, 1.807) is 0 Å². The summed E-state index contributed by atoms with van der Waals surface area (Å²) in [5, 5.41) is 2.95. The molecule has 3 nitrogen and oxygen atoms in total. The number of halogens is 1. The number of amides is 1. The van der Waals surface area contributed by atoms with E-state index in [0.717, 1.165) is 16.8 Å². The van der Waals surface area contributed by atoms with Gasteiger partial charge in [-0.3, -0.25) is 9.59 Å². The molecule has 1 aromatic carbocycles. The number of aryl methyl sites for hydroxylation is 1. The zero-order chi connectivity index (χ0) is 12.1. The zero-order valence-corrected chi connectivity index (χ0v) is 10.9. The molecule has 0 spiro atoms. The number of benzene rings is 1. The predicted molar refractivity (Wildman–Crippen MR) is 68.0 cm³/mol. The molecule has 0 atom stereocenters. The summed E-state index contributed by atoms with van der Waals surface area (Å²) in [4.78, 5) is 22.5. The second-order valence-corrected chi connectivity index (χ2v) is 4.21. The first-order valence-electron chi connectivity index (χ1n) is 4.98. The maximum absolute atomic E-state index is 11.5. The molecule has 1 amide bonds. The SMILES string of the molecule is Cc1cccc(NC(=O)CC(=O)CBr)c1C. The second-order valence-electron chi connectivity index (χ2n) is 3.64. The molecule has 0 bridgehead atoms. The van der Waals surface area contributed by atoms with Crippen LogP contribution in [0.1, 0.15) is 17.5 Å². The minimum Gasteiger partial charge on any atom is -0.325 e. The van der Waals surface area contributed by atoms with Gasteiger partial charge in [-0.2, -0.15) is 0 Å². The molecular formula is C12H14BrNO2. The van der Waals surface area contributed by atoms with E-state index in [1.165, 1.54) is 0 Å². The molecule has 0 aliphatic rings. The van der Waals surface area contributed by atoms with Crippen LogP contribution in [0, 0.1) is 13.8 Å². The maximum atomic E-state index is 11.5. The number of hydrogen-bond donors (Lipinski definition) is 1. The molecule has 0 fully saturated rings. The minimum absolute atomic E-state index is 0.0847. The van der Waals surface area contributed by atoms with Crippen molar-refractivity contribution >= 4 is 33.3 Å². The molecule has 1 N–H and O–H groups in total. The lowest BCUT2D eigenvalue weighted by atomic mass is 10.1. The largest absolute Gasteiger partial charge is 0.325 e. The van der Waals surface area contributed by atoms with Gasteiger partial charge in [0.25, 0.3) is 0 Å². The first-order chi connectivity index (χ1) is 7.54. The van der Waals surface area contributed by atoms with E-state index < -0.39 is 0 Å². The Labute approximate surface area is 103 Å². The highest BCUT2D eigenvalue weighted by Crippen LogP contribution is 2.18. The Balaban J connectivity index is 2.70. The van der Waals surface area contributed by atoms with Gasteiger partial charge in [-0.25, -0.2) is 0 Å². The smallest absolute Gasteiger partial charge is 0.231 e. The second kappa shape index (κ2) is 5.80. The fourth-order valence-corrected chi connectivity index (χ4v) is 1.51. The Morgan fingerprint density at radius 2 is 2.00 bits per heavy atom. The van der Waals surface area contributed by atoms with Crippen molar-refractivity contribution in [3.05, 3.63) is 29.3 Å². The van der Waals surface area contributed by atoms with Crippen molar-refractivity contribution in [3.8, 4) is 0 Å². The topological polar surface area (TPSA) is 46.2 Å². The average molecular weight is 284 g/mol. The minimum atomic E-state index is -0.266.